The van der Waals surface area contributed by atoms with Gasteiger partial charge in [-0.25, -0.2) is 13.4 Å². The van der Waals surface area contributed by atoms with Gasteiger partial charge in [-0.15, -0.1) is 0 Å². The summed E-state index contributed by atoms with van der Waals surface area (Å²) < 4.78 is 30.1. The molecule has 1 saturated heterocycles. The molecular weight excluding hydrogens is 294 g/mol. The first kappa shape index (κ1) is 15.7. The zero-order valence-corrected chi connectivity index (χ0v) is 13.1. The fourth-order valence-electron chi connectivity index (χ4n) is 2.14. The summed E-state index contributed by atoms with van der Waals surface area (Å²) >= 11 is 0. The van der Waals surface area contributed by atoms with E-state index in [1.807, 2.05) is 0 Å². The highest BCUT2D eigenvalue weighted by Gasteiger charge is 2.31. The Bertz CT molecular complexity index is 630. The monoisotopic (exact) mass is 313 g/mol. The summed E-state index contributed by atoms with van der Waals surface area (Å²) in [5.74, 6) is 0.0487. The number of rotatable bonds is 4. The van der Waals surface area contributed by atoms with Gasteiger partial charge >= 0.3 is 0 Å². The van der Waals surface area contributed by atoms with Crippen molar-refractivity contribution < 1.29 is 17.9 Å². The van der Waals surface area contributed by atoms with Crippen LogP contribution in [-0.4, -0.2) is 68.1 Å². The molecule has 1 aliphatic rings. The number of pyridine rings is 1. The summed E-state index contributed by atoms with van der Waals surface area (Å²) in [5.41, 5.74) is 0.375. The molecule has 2 heterocycles. The fraction of sp³-hybridized carbons (Fsp3) is 0.538. The van der Waals surface area contributed by atoms with Crippen molar-refractivity contribution in [2.75, 3.05) is 33.4 Å². The van der Waals surface area contributed by atoms with Crippen LogP contribution in [-0.2, 0) is 10.0 Å². The maximum Gasteiger partial charge on any atom is 0.258 e. The second-order valence-electron chi connectivity index (χ2n) is 5.21. The van der Waals surface area contributed by atoms with Crippen LogP contribution in [0.2, 0.25) is 0 Å². The largest absolute Gasteiger partial charge is 0.472 e. The van der Waals surface area contributed by atoms with Gasteiger partial charge in [0.1, 0.15) is 11.7 Å². The predicted octanol–water partition coefficient (Wildman–Crippen LogP) is 0.196. The summed E-state index contributed by atoms with van der Waals surface area (Å²) in [5, 5.41) is 0. The normalized spacial score (nSPS) is 19.5. The van der Waals surface area contributed by atoms with Gasteiger partial charge in [-0.3, -0.25) is 4.79 Å². The molecule has 7 nitrogen and oxygen atoms in total. The van der Waals surface area contributed by atoms with Crippen molar-refractivity contribution in [3.63, 3.8) is 0 Å². The van der Waals surface area contributed by atoms with E-state index >= 15 is 0 Å². The third-order valence-corrected chi connectivity index (χ3v) is 4.53. The molecule has 1 aliphatic heterocycles. The quantitative estimate of drug-likeness (QED) is 0.793. The molecule has 0 saturated carbocycles. The molecule has 1 aromatic rings. The van der Waals surface area contributed by atoms with E-state index in [-0.39, 0.29) is 24.4 Å². The van der Waals surface area contributed by atoms with Crippen molar-refractivity contribution in [1.29, 1.82) is 0 Å². The Balaban J connectivity index is 2.13. The second-order valence-corrected chi connectivity index (χ2v) is 7.19. The van der Waals surface area contributed by atoms with Crippen molar-refractivity contribution in [1.82, 2.24) is 14.2 Å². The fourth-order valence-corrected chi connectivity index (χ4v) is 3.02. The van der Waals surface area contributed by atoms with Gasteiger partial charge in [-0.2, -0.15) is 4.31 Å². The van der Waals surface area contributed by atoms with Crippen molar-refractivity contribution in [2.24, 2.45) is 0 Å². The minimum absolute atomic E-state index is 0.198. The Morgan fingerprint density at radius 3 is 2.76 bits per heavy atom. The third-order valence-electron chi connectivity index (χ3n) is 3.26. The Kier molecular flexibility index (Phi) is 4.48. The van der Waals surface area contributed by atoms with Gasteiger partial charge in [0.05, 0.1) is 12.8 Å². The first-order chi connectivity index (χ1) is 9.79. The number of hydrogen-bond acceptors (Lipinski definition) is 5. The molecule has 0 bridgehead atoms. The Morgan fingerprint density at radius 2 is 2.19 bits per heavy atom. The zero-order chi connectivity index (χ0) is 15.6. The summed E-state index contributed by atoms with van der Waals surface area (Å²) in [6, 6.07) is 3.31. The molecule has 1 atom stereocenters. The molecule has 0 N–H and O–H groups in total. The van der Waals surface area contributed by atoms with Gasteiger partial charge in [0, 0.05) is 26.8 Å². The molecule has 0 aromatic carbocycles. The summed E-state index contributed by atoms with van der Waals surface area (Å²) in [6.45, 7) is 0.707. The topological polar surface area (TPSA) is 79.8 Å². The van der Waals surface area contributed by atoms with E-state index in [1.165, 1.54) is 15.5 Å². The highest BCUT2D eigenvalue weighted by molar-refractivity contribution is 7.88. The number of aromatic nitrogens is 1. The lowest BCUT2D eigenvalue weighted by atomic mass is 10.2. The highest BCUT2D eigenvalue weighted by atomic mass is 32.2. The Labute approximate surface area is 124 Å². The smallest absolute Gasteiger partial charge is 0.258 e. The summed E-state index contributed by atoms with van der Waals surface area (Å²) in [7, 11) is 0.0958. The van der Waals surface area contributed by atoms with E-state index < -0.39 is 10.0 Å². The van der Waals surface area contributed by atoms with Crippen molar-refractivity contribution in [3.8, 4) is 5.88 Å². The highest BCUT2D eigenvalue weighted by Crippen LogP contribution is 2.22. The maximum absolute atomic E-state index is 12.1. The Morgan fingerprint density at radius 1 is 1.48 bits per heavy atom. The van der Waals surface area contributed by atoms with Gasteiger partial charge in [-0.05, 0) is 18.6 Å². The van der Waals surface area contributed by atoms with Crippen LogP contribution < -0.4 is 4.74 Å². The molecule has 1 unspecified atom stereocenters. The van der Waals surface area contributed by atoms with Crippen LogP contribution in [0, 0.1) is 0 Å². The Hall–Kier alpha value is -1.67. The van der Waals surface area contributed by atoms with E-state index in [4.69, 9.17) is 4.74 Å². The standard InChI is InChI=1S/C13H19N3O4S/c1-15(2)13(17)11-5-4-7-14-12(11)20-10-6-8-16(9-10)21(3,18)19/h4-5,7,10H,6,8-9H2,1-3H3. The van der Waals surface area contributed by atoms with Gasteiger partial charge in [0.25, 0.3) is 5.91 Å². The number of ether oxygens (including phenoxy) is 1. The lowest BCUT2D eigenvalue weighted by Gasteiger charge is -2.17. The van der Waals surface area contributed by atoms with Crippen LogP contribution in [0.3, 0.4) is 0 Å². The number of amides is 1. The molecule has 116 valence electrons. The number of carbonyl (C=O) groups excluding carboxylic acids is 1. The van der Waals surface area contributed by atoms with Gasteiger partial charge in [-0.1, -0.05) is 0 Å². The molecule has 1 amide bonds. The SMILES string of the molecule is CN(C)C(=O)c1cccnc1OC1CCN(S(C)(=O)=O)C1. The lowest BCUT2D eigenvalue weighted by molar-refractivity contribution is 0.0818. The molecule has 1 fully saturated rings. The van der Waals surface area contributed by atoms with E-state index in [9.17, 15) is 13.2 Å². The van der Waals surface area contributed by atoms with E-state index in [0.29, 0.717) is 18.5 Å². The van der Waals surface area contributed by atoms with E-state index in [2.05, 4.69) is 4.98 Å². The minimum Gasteiger partial charge on any atom is -0.472 e. The van der Waals surface area contributed by atoms with Crippen LogP contribution in [0.4, 0.5) is 0 Å². The first-order valence-corrected chi connectivity index (χ1v) is 8.42. The van der Waals surface area contributed by atoms with Gasteiger partial charge < -0.3 is 9.64 Å². The van der Waals surface area contributed by atoms with Gasteiger partial charge in [0.2, 0.25) is 15.9 Å². The van der Waals surface area contributed by atoms with Crippen LogP contribution in [0.1, 0.15) is 16.8 Å². The molecule has 8 heteroatoms. The van der Waals surface area contributed by atoms with Crippen LogP contribution in [0.25, 0.3) is 0 Å². The molecule has 0 spiro atoms. The average molecular weight is 313 g/mol. The van der Waals surface area contributed by atoms with Crippen LogP contribution in [0.5, 0.6) is 5.88 Å². The van der Waals surface area contributed by atoms with Crippen LogP contribution in [0.15, 0.2) is 18.3 Å². The predicted molar refractivity (Wildman–Crippen MR) is 77.7 cm³/mol. The van der Waals surface area contributed by atoms with Gasteiger partial charge in [0.15, 0.2) is 0 Å². The van der Waals surface area contributed by atoms with E-state index in [1.54, 1.807) is 32.4 Å². The molecular formula is C13H19N3O4S. The number of nitrogens with zero attached hydrogens (tertiary/aromatic N) is 3. The van der Waals surface area contributed by atoms with E-state index in [0.717, 1.165) is 0 Å². The van der Waals surface area contributed by atoms with Crippen LogP contribution >= 0.6 is 0 Å². The zero-order valence-electron chi connectivity index (χ0n) is 12.3. The molecule has 1 aromatic heterocycles. The van der Waals surface area contributed by atoms with Crippen molar-refractivity contribution >= 4 is 15.9 Å². The number of hydrogen-bond donors (Lipinski definition) is 0. The lowest BCUT2D eigenvalue weighted by Crippen LogP contribution is -2.30. The molecule has 0 radical (unpaired) electrons. The second kappa shape index (κ2) is 5.98. The summed E-state index contributed by atoms with van der Waals surface area (Å²) in [4.78, 5) is 17.6. The van der Waals surface area contributed by atoms with Crippen molar-refractivity contribution in [2.45, 2.75) is 12.5 Å². The summed E-state index contributed by atoms with van der Waals surface area (Å²) in [6.07, 6.45) is 3.02. The molecule has 21 heavy (non-hydrogen) atoms. The average Bonchev–Trinajstić information content (AvgIpc) is 2.87. The van der Waals surface area contributed by atoms with Crippen molar-refractivity contribution in [3.05, 3.63) is 23.9 Å². The molecule has 0 aliphatic carbocycles. The molecule has 2 rings (SSSR count). The first-order valence-electron chi connectivity index (χ1n) is 6.57. The number of sulfonamides is 1. The third kappa shape index (κ3) is 3.70. The minimum atomic E-state index is -3.21. The maximum atomic E-state index is 12.1. The number of carbonyl (C=O) groups is 1.